The van der Waals surface area contributed by atoms with E-state index in [2.05, 4.69) is 5.32 Å². The van der Waals surface area contributed by atoms with Gasteiger partial charge < -0.3 is 19.9 Å². The van der Waals surface area contributed by atoms with Crippen LogP contribution in [0, 0.1) is 0 Å². The zero-order valence-corrected chi connectivity index (χ0v) is 12.8. The average molecular weight is 315 g/mol. The lowest BCUT2D eigenvalue weighted by molar-refractivity contribution is -0.122. The molecule has 0 aromatic heterocycles. The van der Waals surface area contributed by atoms with Gasteiger partial charge in [0.05, 0.1) is 12.8 Å². The van der Waals surface area contributed by atoms with E-state index in [1.165, 1.54) is 19.2 Å². The van der Waals surface area contributed by atoms with Crippen molar-refractivity contribution in [2.24, 2.45) is 0 Å². The number of carboxylic acid groups (broad SMARTS) is 1. The molecular formula is C17H17NO5. The normalized spacial score (nSPS) is 11.4. The number of hydrogen-bond acceptors (Lipinski definition) is 4. The second-order valence-corrected chi connectivity index (χ2v) is 4.75. The van der Waals surface area contributed by atoms with Crippen LogP contribution in [-0.2, 0) is 4.79 Å². The molecule has 0 saturated heterocycles. The highest BCUT2D eigenvalue weighted by Crippen LogP contribution is 2.24. The standard InChI is InChI=1S/C17H17NO5/c1-11(23-14-9-5-3-7-12(14)17(20)21)16(19)18-13-8-4-6-10-15(13)22-2/h3-11H,1-2H3,(H,18,19)(H,20,21)/t11-/m1/s1. The number of aromatic carboxylic acids is 1. The van der Waals surface area contributed by atoms with E-state index in [-0.39, 0.29) is 11.3 Å². The molecule has 0 aliphatic heterocycles. The number of anilines is 1. The zero-order valence-electron chi connectivity index (χ0n) is 12.8. The summed E-state index contributed by atoms with van der Waals surface area (Å²) in [5, 5.41) is 11.8. The smallest absolute Gasteiger partial charge is 0.339 e. The molecular weight excluding hydrogens is 298 g/mol. The average Bonchev–Trinajstić information content (AvgIpc) is 2.55. The van der Waals surface area contributed by atoms with Crippen LogP contribution in [0.3, 0.4) is 0 Å². The van der Waals surface area contributed by atoms with Gasteiger partial charge in [-0.2, -0.15) is 0 Å². The highest BCUT2D eigenvalue weighted by atomic mass is 16.5. The van der Waals surface area contributed by atoms with Crippen LogP contribution < -0.4 is 14.8 Å². The Morgan fingerprint density at radius 1 is 1.04 bits per heavy atom. The van der Waals surface area contributed by atoms with Crippen LogP contribution in [0.5, 0.6) is 11.5 Å². The van der Waals surface area contributed by atoms with Gasteiger partial charge in [-0.05, 0) is 31.2 Å². The van der Waals surface area contributed by atoms with E-state index in [0.29, 0.717) is 11.4 Å². The minimum atomic E-state index is -1.11. The number of carboxylic acids is 1. The molecule has 2 rings (SSSR count). The number of carbonyl (C=O) groups excluding carboxylic acids is 1. The van der Waals surface area contributed by atoms with E-state index in [1.54, 1.807) is 43.3 Å². The molecule has 0 aliphatic rings. The molecule has 6 nitrogen and oxygen atoms in total. The molecule has 0 spiro atoms. The Bertz CT molecular complexity index is 714. The highest BCUT2D eigenvalue weighted by Gasteiger charge is 2.19. The van der Waals surface area contributed by atoms with Gasteiger partial charge in [0.25, 0.3) is 5.91 Å². The second-order valence-electron chi connectivity index (χ2n) is 4.75. The first-order valence-corrected chi connectivity index (χ1v) is 6.95. The summed E-state index contributed by atoms with van der Waals surface area (Å²) >= 11 is 0. The molecule has 2 N–H and O–H groups in total. The lowest BCUT2D eigenvalue weighted by atomic mass is 10.2. The molecule has 120 valence electrons. The van der Waals surface area contributed by atoms with Crippen LogP contribution in [0.25, 0.3) is 0 Å². The van der Waals surface area contributed by atoms with Crippen LogP contribution in [-0.4, -0.2) is 30.2 Å². The number of benzene rings is 2. The molecule has 0 fully saturated rings. The molecule has 0 bridgehead atoms. The fourth-order valence-electron chi connectivity index (χ4n) is 1.97. The van der Waals surface area contributed by atoms with Gasteiger partial charge in [-0.15, -0.1) is 0 Å². The third-order valence-corrected chi connectivity index (χ3v) is 3.16. The molecule has 6 heteroatoms. The quantitative estimate of drug-likeness (QED) is 0.856. The van der Waals surface area contributed by atoms with Crippen molar-refractivity contribution in [3.8, 4) is 11.5 Å². The van der Waals surface area contributed by atoms with Crippen LogP contribution in [0.4, 0.5) is 5.69 Å². The summed E-state index contributed by atoms with van der Waals surface area (Å²) < 4.78 is 10.6. The van der Waals surface area contributed by atoms with Gasteiger partial charge in [0.15, 0.2) is 6.10 Å². The summed E-state index contributed by atoms with van der Waals surface area (Å²) in [5.41, 5.74) is 0.520. The predicted molar refractivity (Wildman–Crippen MR) is 85.1 cm³/mol. The van der Waals surface area contributed by atoms with E-state index in [0.717, 1.165) is 0 Å². The van der Waals surface area contributed by atoms with E-state index in [4.69, 9.17) is 14.6 Å². The molecule has 0 aliphatic carbocycles. The number of rotatable bonds is 6. The van der Waals surface area contributed by atoms with Crippen molar-refractivity contribution in [1.82, 2.24) is 0 Å². The van der Waals surface area contributed by atoms with Gasteiger partial charge >= 0.3 is 5.97 Å². The van der Waals surface area contributed by atoms with Crippen molar-refractivity contribution in [2.45, 2.75) is 13.0 Å². The van der Waals surface area contributed by atoms with Crippen LogP contribution in [0.1, 0.15) is 17.3 Å². The molecule has 2 aromatic rings. The summed E-state index contributed by atoms with van der Waals surface area (Å²) in [4.78, 5) is 23.4. The number of methoxy groups -OCH3 is 1. The van der Waals surface area contributed by atoms with Crippen molar-refractivity contribution in [2.75, 3.05) is 12.4 Å². The number of nitrogens with one attached hydrogen (secondary N) is 1. The van der Waals surface area contributed by atoms with Crippen molar-refractivity contribution in [3.63, 3.8) is 0 Å². The van der Waals surface area contributed by atoms with Gasteiger partial charge in [-0.25, -0.2) is 4.79 Å². The molecule has 2 aromatic carbocycles. The van der Waals surface area contributed by atoms with E-state index in [9.17, 15) is 9.59 Å². The van der Waals surface area contributed by atoms with Crippen LogP contribution >= 0.6 is 0 Å². The summed E-state index contributed by atoms with van der Waals surface area (Å²) in [6, 6.07) is 13.2. The third kappa shape index (κ3) is 4.00. The SMILES string of the molecule is COc1ccccc1NC(=O)[C@@H](C)Oc1ccccc1C(=O)O. The monoisotopic (exact) mass is 315 g/mol. The Labute approximate surface area is 133 Å². The fourth-order valence-corrected chi connectivity index (χ4v) is 1.97. The maximum Gasteiger partial charge on any atom is 0.339 e. The fraction of sp³-hybridized carbons (Fsp3) is 0.176. The van der Waals surface area contributed by atoms with Crippen molar-refractivity contribution >= 4 is 17.6 Å². The largest absolute Gasteiger partial charge is 0.495 e. The lowest BCUT2D eigenvalue weighted by Crippen LogP contribution is -2.30. The maximum atomic E-state index is 12.2. The van der Waals surface area contributed by atoms with Crippen molar-refractivity contribution < 1.29 is 24.2 Å². The Morgan fingerprint density at radius 2 is 1.65 bits per heavy atom. The second kappa shape index (κ2) is 7.31. The number of ether oxygens (including phenoxy) is 2. The Kier molecular flexibility index (Phi) is 5.19. The molecule has 1 atom stereocenters. The van der Waals surface area contributed by atoms with Gasteiger partial charge in [-0.1, -0.05) is 24.3 Å². The molecule has 0 unspecified atom stereocenters. The number of amides is 1. The first-order valence-electron chi connectivity index (χ1n) is 6.95. The summed E-state index contributed by atoms with van der Waals surface area (Å²) in [6.07, 6.45) is -0.875. The molecule has 0 saturated carbocycles. The van der Waals surface area contributed by atoms with Crippen molar-refractivity contribution in [1.29, 1.82) is 0 Å². The summed E-state index contributed by atoms with van der Waals surface area (Å²) in [7, 11) is 1.51. The Hall–Kier alpha value is -3.02. The minimum absolute atomic E-state index is 0.00411. The minimum Gasteiger partial charge on any atom is -0.495 e. The van der Waals surface area contributed by atoms with Gasteiger partial charge in [0.2, 0.25) is 0 Å². The summed E-state index contributed by atoms with van der Waals surface area (Å²) in [5.74, 6) is -0.853. The number of para-hydroxylation sites is 3. The maximum absolute atomic E-state index is 12.2. The first-order chi connectivity index (χ1) is 11.0. The predicted octanol–water partition coefficient (Wildman–Crippen LogP) is 2.80. The van der Waals surface area contributed by atoms with Crippen LogP contribution in [0.15, 0.2) is 48.5 Å². The van der Waals surface area contributed by atoms with Gasteiger partial charge in [-0.3, -0.25) is 4.79 Å². The zero-order chi connectivity index (χ0) is 16.8. The van der Waals surface area contributed by atoms with E-state index >= 15 is 0 Å². The Balaban J connectivity index is 2.10. The number of carbonyl (C=O) groups is 2. The lowest BCUT2D eigenvalue weighted by Gasteiger charge is -2.17. The van der Waals surface area contributed by atoms with E-state index < -0.39 is 18.0 Å². The number of hydrogen-bond donors (Lipinski definition) is 2. The van der Waals surface area contributed by atoms with Crippen LogP contribution in [0.2, 0.25) is 0 Å². The molecule has 23 heavy (non-hydrogen) atoms. The third-order valence-electron chi connectivity index (χ3n) is 3.16. The molecule has 0 radical (unpaired) electrons. The van der Waals surface area contributed by atoms with Gasteiger partial charge in [0.1, 0.15) is 17.1 Å². The topological polar surface area (TPSA) is 84.9 Å². The molecule has 0 heterocycles. The highest BCUT2D eigenvalue weighted by molar-refractivity contribution is 5.96. The van der Waals surface area contributed by atoms with Gasteiger partial charge in [0, 0.05) is 0 Å². The molecule has 1 amide bonds. The first kappa shape index (κ1) is 16.4. The van der Waals surface area contributed by atoms with Crippen molar-refractivity contribution in [3.05, 3.63) is 54.1 Å². The van der Waals surface area contributed by atoms with E-state index in [1.807, 2.05) is 0 Å². The Morgan fingerprint density at radius 3 is 2.30 bits per heavy atom. The summed E-state index contributed by atoms with van der Waals surface area (Å²) in [6.45, 7) is 1.55.